The standard InChI is InChI=1S/C18H30N2O/c1-5-13(4)16(19)18(21)20-17(14(6-2)7-3)15-11-9-8-10-12-15/h8-14,16-17H,5-7,19H2,1-4H3,(H,20,21)/t13-,16-,17?/m0/s1. The average Bonchev–Trinajstić information content (AvgIpc) is 2.54. The van der Waals surface area contributed by atoms with Crippen LogP contribution < -0.4 is 11.1 Å². The lowest BCUT2D eigenvalue weighted by atomic mass is 9.88. The first-order valence-electron chi connectivity index (χ1n) is 8.15. The molecular formula is C18H30N2O. The Morgan fingerprint density at radius 2 is 1.67 bits per heavy atom. The monoisotopic (exact) mass is 290 g/mol. The highest BCUT2D eigenvalue weighted by Gasteiger charge is 2.26. The molecule has 0 bridgehead atoms. The molecule has 0 fully saturated rings. The first-order valence-corrected chi connectivity index (χ1v) is 8.15. The second-order valence-corrected chi connectivity index (χ2v) is 5.88. The molecule has 3 heteroatoms. The van der Waals surface area contributed by atoms with Crippen LogP contribution in [0.3, 0.4) is 0 Å². The summed E-state index contributed by atoms with van der Waals surface area (Å²) in [5.74, 6) is 0.591. The van der Waals surface area contributed by atoms with Crippen LogP contribution >= 0.6 is 0 Å². The van der Waals surface area contributed by atoms with Crippen LogP contribution in [0.4, 0.5) is 0 Å². The number of rotatable bonds is 8. The third kappa shape index (κ3) is 4.85. The summed E-state index contributed by atoms with van der Waals surface area (Å²) >= 11 is 0. The molecule has 0 aliphatic rings. The van der Waals surface area contributed by atoms with Crippen molar-refractivity contribution in [3.05, 3.63) is 35.9 Å². The maximum absolute atomic E-state index is 12.4. The fraction of sp³-hybridized carbons (Fsp3) is 0.611. The van der Waals surface area contributed by atoms with Crippen LogP contribution in [-0.4, -0.2) is 11.9 Å². The second kappa shape index (κ2) is 8.83. The van der Waals surface area contributed by atoms with Crippen molar-refractivity contribution in [2.75, 3.05) is 0 Å². The third-order valence-corrected chi connectivity index (χ3v) is 4.54. The minimum Gasteiger partial charge on any atom is -0.348 e. The van der Waals surface area contributed by atoms with Gasteiger partial charge in [-0.25, -0.2) is 0 Å². The molecule has 0 aromatic heterocycles. The molecule has 0 aliphatic carbocycles. The van der Waals surface area contributed by atoms with E-state index in [1.165, 1.54) is 0 Å². The molecule has 0 saturated carbocycles. The van der Waals surface area contributed by atoms with Gasteiger partial charge in [0.1, 0.15) is 0 Å². The van der Waals surface area contributed by atoms with Crippen LogP contribution in [0.15, 0.2) is 30.3 Å². The summed E-state index contributed by atoms with van der Waals surface area (Å²) in [5, 5.41) is 3.19. The van der Waals surface area contributed by atoms with Crippen molar-refractivity contribution in [2.24, 2.45) is 17.6 Å². The molecule has 0 spiro atoms. The zero-order valence-electron chi connectivity index (χ0n) is 13.8. The van der Waals surface area contributed by atoms with E-state index in [1.54, 1.807) is 0 Å². The highest BCUT2D eigenvalue weighted by atomic mass is 16.2. The van der Waals surface area contributed by atoms with Crippen LogP contribution in [0.25, 0.3) is 0 Å². The van der Waals surface area contributed by atoms with Gasteiger partial charge in [0.25, 0.3) is 0 Å². The van der Waals surface area contributed by atoms with Crippen LogP contribution in [0.1, 0.15) is 58.6 Å². The van der Waals surface area contributed by atoms with Crippen molar-refractivity contribution in [3.63, 3.8) is 0 Å². The Bertz CT molecular complexity index is 414. The van der Waals surface area contributed by atoms with Gasteiger partial charge in [-0.2, -0.15) is 0 Å². The van der Waals surface area contributed by atoms with Crippen molar-refractivity contribution < 1.29 is 4.79 Å². The van der Waals surface area contributed by atoms with E-state index in [0.717, 1.165) is 24.8 Å². The number of amides is 1. The Labute approximate surface area is 129 Å². The van der Waals surface area contributed by atoms with Gasteiger partial charge < -0.3 is 11.1 Å². The highest BCUT2D eigenvalue weighted by molar-refractivity contribution is 5.82. The van der Waals surface area contributed by atoms with Crippen LogP contribution in [-0.2, 0) is 4.79 Å². The molecule has 1 aromatic rings. The molecule has 0 aliphatic heterocycles. The van der Waals surface area contributed by atoms with Gasteiger partial charge in [0.15, 0.2) is 0 Å². The van der Waals surface area contributed by atoms with E-state index >= 15 is 0 Å². The molecule has 0 heterocycles. The topological polar surface area (TPSA) is 55.1 Å². The Balaban J connectivity index is 2.90. The number of hydrogen-bond donors (Lipinski definition) is 2. The second-order valence-electron chi connectivity index (χ2n) is 5.88. The summed E-state index contributed by atoms with van der Waals surface area (Å²) < 4.78 is 0. The SMILES string of the molecule is CCC(CC)C(NC(=O)[C@@H](N)[C@@H](C)CC)c1ccccc1. The Kier molecular flexibility index (Phi) is 7.44. The Morgan fingerprint density at radius 3 is 2.14 bits per heavy atom. The molecule has 3 nitrogen and oxygen atoms in total. The number of benzene rings is 1. The van der Waals surface area contributed by atoms with Gasteiger partial charge in [0.05, 0.1) is 12.1 Å². The molecule has 1 amide bonds. The van der Waals surface area contributed by atoms with Gasteiger partial charge in [-0.1, -0.05) is 77.3 Å². The van der Waals surface area contributed by atoms with Crippen LogP contribution in [0.5, 0.6) is 0 Å². The number of carbonyl (C=O) groups is 1. The average molecular weight is 290 g/mol. The molecule has 3 atom stereocenters. The zero-order chi connectivity index (χ0) is 15.8. The summed E-state index contributed by atoms with van der Waals surface area (Å²) in [6.45, 7) is 8.43. The molecule has 1 unspecified atom stereocenters. The number of carbonyl (C=O) groups excluding carboxylic acids is 1. The van der Waals surface area contributed by atoms with Crippen LogP contribution in [0.2, 0.25) is 0 Å². The van der Waals surface area contributed by atoms with Crippen molar-refractivity contribution in [2.45, 2.75) is 59.0 Å². The maximum Gasteiger partial charge on any atom is 0.237 e. The van der Waals surface area contributed by atoms with E-state index in [2.05, 4.69) is 38.2 Å². The van der Waals surface area contributed by atoms with Crippen molar-refractivity contribution in [3.8, 4) is 0 Å². The van der Waals surface area contributed by atoms with Gasteiger partial charge in [0, 0.05) is 0 Å². The fourth-order valence-corrected chi connectivity index (χ4v) is 2.66. The van der Waals surface area contributed by atoms with E-state index in [0.29, 0.717) is 5.92 Å². The molecule has 1 rings (SSSR count). The van der Waals surface area contributed by atoms with E-state index in [-0.39, 0.29) is 17.9 Å². The summed E-state index contributed by atoms with van der Waals surface area (Å²) in [6, 6.07) is 9.81. The quantitative estimate of drug-likeness (QED) is 0.767. The van der Waals surface area contributed by atoms with Gasteiger partial charge in [-0.15, -0.1) is 0 Å². The van der Waals surface area contributed by atoms with E-state index in [1.807, 2.05) is 25.1 Å². The van der Waals surface area contributed by atoms with Gasteiger partial charge in [-0.3, -0.25) is 4.79 Å². The summed E-state index contributed by atoms with van der Waals surface area (Å²) in [4.78, 5) is 12.4. The normalized spacial score (nSPS) is 15.5. The minimum atomic E-state index is -0.435. The van der Waals surface area contributed by atoms with Crippen molar-refractivity contribution in [1.82, 2.24) is 5.32 Å². The molecular weight excluding hydrogens is 260 g/mol. The molecule has 1 aromatic carbocycles. The van der Waals surface area contributed by atoms with Gasteiger partial charge >= 0.3 is 0 Å². The molecule has 0 saturated heterocycles. The summed E-state index contributed by atoms with van der Waals surface area (Å²) in [5.41, 5.74) is 7.23. The predicted molar refractivity (Wildman–Crippen MR) is 88.8 cm³/mol. The largest absolute Gasteiger partial charge is 0.348 e. The van der Waals surface area contributed by atoms with E-state index in [9.17, 15) is 4.79 Å². The molecule has 0 radical (unpaired) electrons. The zero-order valence-corrected chi connectivity index (χ0v) is 13.8. The van der Waals surface area contributed by atoms with Crippen molar-refractivity contribution >= 4 is 5.91 Å². The molecule has 3 N–H and O–H groups in total. The fourth-order valence-electron chi connectivity index (χ4n) is 2.66. The lowest BCUT2D eigenvalue weighted by Crippen LogP contribution is -2.47. The van der Waals surface area contributed by atoms with E-state index in [4.69, 9.17) is 5.73 Å². The van der Waals surface area contributed by atoms with Crippen LogP contribution in [0, 0.1) is 11.8 Å². The lowest BCUT2D eigenvalue weighted by molar-refractivity contribution is -0.124. The Hall–Kier alpha value is -1.35. The number of nitrogens with two attached hydrogens (primary N) is 1. The first kappa shape index (κ1) is 17.7. The smallest absolute Gasteiger partial charge is 0.237 e. The lowest BCUT2D eigenvalue weighted by Gasteiger charge is -2.29. The number of nitrogens with one attached hydrogen (secondary N) is 1. The molecule has 21 heavy (non-hydrogen) atoms. The minimum absolute atomic E-state index is 0.0369. The third-order valence-electron chi connectivity index (χ3n) is 4.54. The van der Waals surface area contributed by atoms with E-state index < -0.39 is 6.04 Å². The van der Waals surface area contributed by atoms with Gasteiger partial charge in [-0.05, 0) is 17.4 Å². The Morgan fingerprint density at radius 1 is 1.10 bits per heavy atom. The highest BCUT2D eigenvalue weighted by Crippen LogP contribution is 2.27. The first-order chi connectivity index (χ1) is 10.0. The summed E-state index contributed by atoms with van der Waals surface area (Å²) in [7, 11) is 0. The maximum atomic E-state index is 12.4. The predicted octanol–water partition coefficient (Wildman–Crippen LogP) is 3.65. The number of hydrogen-bond acceptors (Lipinski definition) is 2. The molecule has 118 valence electrons. The van der Waals surface area contributed by atoms with Gasteiger partial charge in [0.2, 0.25) is 5.91 Å². The van der Waals surface area contributed by atoms with Crippen molar-refractivity contribution in [1.29, 1.82) is 0 Å². The summed E-state index contributed by atoms with van der Waals surface area (Å²) in [6.07, 6.45) is 2.99.